The summed E-state index contributed by atoms with van der Waals surface area (Å²) in [5.74, 6) is 0.871. The molecule has 1 aliphatic carbocycles. The monoisotopic (exact) mass is 593 g/mol. The van der Waals surface area contributed by atoms with Crippen molar-refractivity contribution in [2.24, 2.45) is 15.9 Å². The number of rotatable bonds is 7. The van der Waals surface area contributed by atoms with Gasteiger partial charge in [-0.15, -0.1) is 12.6 Å². The number of benzene rings is 1. The van der Waals surface area contributed by atoms with Crippen molar-refractivity contribution in [2.75, 3.05) is 39.8 Å². The highest BCUT2D eigenvalue weighted by molar-refractivity contribution is 7.80. The number of fused-ring (bicyclic) bond motifs is 1. The number of carbonyl (C=O) groups excluding carboxylic acids is 2. The number of piperazine rings is 1. The highest BCUT2D eigenvalue weighted by Gasteiger charge is 2.46. The Morgan fingerprint density at radius 2 is 2.12 bits per heavy atom. The molecule has 11 heteroatoms. The van der Waals surface area contributed by atoms with Gasteiger partial charge in [0.15, 0.2) is 5.78 Å². The van der Waals surface area contributed by atoms with E-state index in [1.165, 1.54) is 18.2 Å². The lowest BCUT2D eigenvalue weighted by Gasteiger charge is -2.45. The molecule has 2 saturated heterocycles. The van der Waals surface area contributed by atoms with Crippen LogP contribution in [0.2, 0.25) is 0 Å². The summed E-state index contributed by atoms with van der Waals surface area (Å²) in [6.07, 6.45) is 6.19. The number of hydrogen-bond donors (Lipinski definition) is 1. The quantitative estimate of drug-likeness (QED) is 0.384. The Bertz CT molecular complexity index is 1310. The Balaban J connectivity index is 1.35. The van der Waals surface area contributed by atoms with Gasteiger partial charge in [-0.3, -0.25) is 9.59 Å². The maximum absolute atomic E-state index is 13.9. The van der Waals surface area contributed by atoms with E-state index in [1.54, 1.807) is 11.0 Å². The third kappa shape index (κ3) is 6.55. The molecule has 5 rings (SSSR count). The minimum atomic E-state index is -0.682. The third-order valence-electron chi connectivity index (χ3n) is 8.95. The predicted octanol–water partition coefficient (Wildman–Crippen LogP) is 3.46. The van der Waals surface area contributed by atoms with Crippen molar-refractivity contribution in [3.63, 3.8) is 0 Å². The number of aryl methyl sites for hydroxylation is 1. The lowest BCUT2D eigenvalue weighted by atomic mass is 9.74. The first kappa shape index (κ1) is 30.2. The molecule has 42 heavy (non-hydrogen) atoms. The van der Waals surface area contributed by atoms with E-state index in [-0.39, 0.29) is 48.0 Å². The molecule has 3 unspecified atom stereocenters. The van der Waals surface area contributed by atoms with Crippen molar-refractivity contribution >= 4 is 36.2 Å². The van der Waals surface area contributed by atoms with Crippen LogP contribution in [0.4, 0.5) is 4.39 Å². The molecule has 1 aromatic carbocycles. The SMILES string of the molecule is C=CC(=O)N1CCN(C2=NC(OCC3CCCN3C)=NC3[C]2CC[C@@H](CCc2ccc(F)cc2S)C3=O)CC1CC#N. The van der Waals surface area contributed by atoms with Gasteiger partial charge in [0.2, 0.25) is 5.91 Å². The topological polar surface area (TPSA) is 102 Å². The summed E-state index contributed by atoms with van der Waals surface area (Å²) >= 11 is 4.42. The first-order chi connectivity index (χ1) is 20.3. The molecule has 1 saturated carbocycles. The number of likely N-dealkylation sites (N-methyl/N-ethyl adjacent to an activating group) is 1. The lowest BCUT2D eigenvalue weighted by Crippen LogP contribution is -2.59. The number of nitriles is 1. The second kappa shape index (κ2) is 13.4. The summed E-state index contributed by atoms with van der Waals surface area (Å²) in [5.41, 5.74) is 0.914. The molecule has 1 amide bonds. The van der Waals surface area contributed by atoms with Crippen molar-refractivity contribution in [2.45, 2.75) is 68.0 Å². The largest absolute Gasteiger partial charge is 0.462 e. The van der Waals surface area contributed by atoms with Crippen LogP contribution in [0.5, 0.6) is 0 Å². The Morgan fingerprint density at radius 3 is 2.83 bits per heavy atom. The van der Waals surface area contributed by atoms with Crippen LogP contribution in [0.25, 0.3) is 0 Å². The fraction of sp³-hybridized carbons (Fsp3) is 0.548. The van der Waals surface area contributed by atoms with Crippen LogP contribution in [0.1, 0.15) is 44.1 Å². The molecule has 1 aromatic rings. The van der Waals surface area contributed by atoms with E-state index in [2.05, 4.69) is 42.1 Å². The number of likely N-dealkylation sites (tertiary alicyclic amines) is 1. The van der Waals surface area contributed by atoms with Gasteiger partial charge in [0.1, 0.15) is 24.3 Å². The normalized spacial score (nSPS) is 26.8. The third-order valence-corrected chi connectivity index (χ3v) is 9.36. The zero-order valence-electron chi connectivity index (χ0n) is 24.0. The van der Waals surface area contributed by atoms with Gasteiger partial charge < -0.3 is 19.4 Å². The van der Waals surface area contributed by atoms with E-state index in [1.807, 2.05) is 0 Å². The van der Waals surface area contributed by atoms with Gasteiger partial charge in [0, 0.05) is 36.5 Å². The van der Waals surface area contributed by atoms with E-state index in [0.717, 1.165) is 30.9 Å². The van der Waals surface area contributed by atoms with Crippen molar-refractivity contribution in [3.05, 3.63) is 48.2 Å². The van der Waals surface area contributed by atoms with Gasteiger partial charge in [-0.2, -0.15) is 10.3 Å². The van der Waals surface area contributed by atoms with Crippen LogP contribution < -0.4 is 0 Å². The molecular weight excluding hydrogens is 555 g/mol. The number of aliphatic imine (C=N–C) groups is 2. The van der Waals surface area contributed by atoms with Crippen molar-refractivity contribution < 1.29 is 18.7 Å². The van der Waals surface area contributed by atoms with Crippen LogP contribution >= 0.6 is 12.6 Å². The fourth-order valence-electron chi connectivity index (χ4n) is 6.48. The molecule has 0 spiro atoms. The summed E-state index contributed by atoms with van der Waals surface area (Å²) in [6, 6.07) is 6.24. The van der Waals surface area contributed by atoms with Crippen LogP contribution in [0.15, 0.2) is 45.7 Å². The number of thiol groups is 1. The van der Waals surface area contributed by atoms with Crippen LogP contribution in [0.3, 0.4) is 0 Å². The molecule has 4 aliphatic rings. The molecule has 1 radical (unpaired) electrons. The molecule has 4 atom stereocenters. The second-order valence-corrected chi connectivity index (χ2v) is 12.0. The Kier molecular flexibility index (Phi) is 9.63. The number of carbonyl (C=O) groups is 2. The standard InChI is InChI=1S/C31H38FN6O3S/c1-3-27(39)38-16-15-37(18-23(38)12-13-33)30-25-11-9-21(7-6-20-8-10-22(32)17-26(20)42)29(40)28(25)34-31(35-30)41-19-24-5-4-14-36(24)2/h3,8,10,17,21,23-24,28,42H,1,4-7,9,11-12,14-16,18-19H2,2H3/t21-,23?,24?,28?/m1/s1. The van der Waals surface area contributed by atoms with E-state index < -0.39 is 6.04 Å². The summed E-state index contributed by atoms with van der Waals surface area (Å²) in [4.78, 5) is 42.6. The highest BCUT2D eigenvalue weighted by atomic mass is 32.1. The Labute approximate surface area is 252 Å². The zero-order chi connectivity index (χ0) is 29.8. The summed E-state index contributed by atoms with van der Waals surface area (Å²) in [7, 11) is 2.08. The number of halogens is 1. The maximum Gasteiger partial charge on any atom is 0.314 e. The Hall–Kier alpha value is -3.23. The second-order valence-electron chi connectivity index (χ2n) is 11.5. The van der Waals surface area contributed by atoms with Crippen molar-refractivity contribution in [1.29, 1.82) is 5.26 Å². The summed E-state index contributed by atoms with van der Waals surface area (Å²) in [5, 5.41) is 9.46. The van der Waals surface area contributed by atoms with Gasteiger partial charge in [-0.05, 0) is 75.9 Å². The number of hydrogen-bond acceptors (Lipinski definition) is 9. The highest BCUT2D eigenvalue weighted by Crippen LogP contribution is 2.37. The van der Waals surface area contributed by atoms with Gasteiger partial charge in [0.25, 0.3) is 0 Å². The minimum absolute atomic E-state index is 0.0413. The molecule has 9 nitrogen and oxygen atoms in total. The molecule has 0 N–H and O–H groups in total. The van der Waals surface area contributed by atoms with Gasteiger partial charge >= 0.3 is 6.02 Å². The minimum Gasteiger partial charge on any atom is -0.462 e. The van der Waals surface area contributed by atoms with Crippen LogP contribution in [-0.2, 0) is 20.7 Å². The average molecular weight is 594 g/mol. The summed E-state index contributed by atoms with van der Waals surface area (Å²) in [6.45, 7) is 6.44. The first-order valence-corrected chi connectivity index (χ1v) is 15.2. The van der Waals surface area contributed by atoms with Gasteiger partial charge in [-0.25, -0.2) is 9.38 Å². The maximum atomic E-state index is 13.9. The van der Waals surface area contributed by atoms with E-state index in [0.29, 0.717) is 62.7 Å². The van der Waals surface area contributed by atoms with E-state index in [4.69, 9.17) is 14.7 Å². The van der Waals surface area contributed by atoms with E-state index >= 15 is 0 Å². The van der Waals surface area contributed by atoms with Crippen LogP contribution in [0, 0.1) is 29.0 Å². The summed E-state index contributed by atoms with van der Waals surface area (Å²) < 4.78 is 19.7. The van der Waals surface area contributed by atoms with E-state index in [9.17, 15) is 19.2 Å². The van der Waals surface area contributed by atoms with Gasteiger partial charge in [0.05, 0.1) is 24.4 Å². The smallest absolute Gasteiger partial charge is 0.314 e. The first-order valence-electron chi connectivity index (χ1n) is 14.7. The Morgan fingerprint density at radius 1 is 1.29 bits per heavy atom. The number of Topliss-reactive ketones (excluding diaryl/α,β-unsaturated/α-hetero) is 1. The average Bonchev–Trinajstić information content (AvgIpc) is 3.40. The lowest BCUT2D eigenvalue weighted by molar-refractivity contribution is -0.130. The number of ketones is 1. The van der Waals surface area contributed by atoms with Crippen molar-refractivity contribution in [3.8, 4) is 6.07 Å². The molecule has 0 bridgehead atoms. The molecule has 3 heterocycles. The number of amides is 1. The molecule has 223 valence electrons. The zero-order valence-corrected chi connectivity index (χ0v) is 24.9. The fourth-order valence-corrected chi connectivity index (χ4v) is 6.79. The molecular formula is C31H38FN6O3S. The molecule has 0 aromatic heterocycles. The molecule has 3 fully saturated rings. The van der Waals surface area contributed by atoms with Gasteiger partial charge in [-0.1, -0.05) is 12.6 Å². The number of amidine groups is 2. The van der Waals surface area contributed by atoms with Crippen molar-refractivity contribution in [1.82, 2.24) is 14.7 Å². The number of ether oxygens (including phenoxy) is 1. The predicted molar refractivity (Wildman–Crippen MR) is 161 cm³/mol. The van der Waals surface area contributed by atoms with Crippen LogP contribution in [-0.4, -0.2) is 96.2 Å². The number of nitrogens with zero attached hydrogens (tertiary/aromatic N) is 6. The molecule has 3 aliphatic heterocycles.